The van der Waals surface area contributed by atoms with Gasteiger partial charge < -0.3 is 14.9 Å². The van der Waals surface area contributed by atoms with Crippen LogP contribution in [0.15, 0.2) is 28.7 Å². The molecule has 3 nitrogen and oxygen atoms in total. The predicted octanol–water partition coefficient (Wildman–Crippen LogP) is 2.90. The van der Waals surface area contributed by atoms with Crippen molar-refractivity contribution in [3.8, 4) is 0 Å². The van der Waals surface area contributed by atoms with Gasteiger partial charge in [0.1, 0.15) is 0 Å². The summed E-state index contributed by atoms with van der Waals surface area (Å²) in [5, 5.41) is 10.3. The predicted molar refractivity (Wildman–Crippen MR) is 86.9 cm³/mol. The van der Waals surface area contributed by atoms with Crippen molar-refractivity contribution >= 4 is 15.9 Å². The van der Waals surface area contributed by atoms with Crippen molar-refractivity contribution < 1.29 is 5.11 Å². The Bertz CT molecular complexity index is 401. The Morgan fingerprint density at radius 2 is 1.90 bits per heavy atom. The summed E-state index contributed by atoms with van der Waals surface area (Å²) in [4.78, 5) is 4.81. The van der Waals surface area contributed by atoms with E-state index in [1.54, 1.807) is 0 Å². The molecule has 1 fully saturated rings. The highest BCUT2D eigenvalue weighted by Crippen LogP contribution is 2.21. The van der Waals surface area contributed by atoms with E-state index in [1.165, 1.54) is 25.9 Å². The van der Waals surface area contributed by atoms with Gasteiger partial charge in [-0.25, -0.2) is 0 Å². The second kappa shape index (κ2) is 7.55. The standard InChI is InChI=1S/C16H25BrN2O/c1-3-19-10-8-15(9-11-19)18(2)12-16(20)13-4-6-14(17)7-5-13/h4-7,15-16,20H,3,8-12H2,1-2H3. The fourth-order valence-corrected chi connectivity index (χ4v) is 3.15. The van der Waals surface area contributed by atoms with E-state index >= 15 is 0 Å². The minimum atomic E-state index is -0.405. The van der Waals surface area contributed by atoms with Gasteiger partial charge in [-0.3, -0.25) is 0 Å². The van der Waals surface area contributed by atoms with Gasteiger partial charge in [0.25, 0.3) is 0 Å². The average Bonchev–Trinajstić information content (AvgIpc) is 2.48. The molecular weight excluding hydrogens is 316 g/mol. The van der Waals surface area contributed by atoms with E-state index in [0.29, 0.717) is 12.6 Å². The van der Waals surface area contributed by atoms with Gasteiger partial charge >= 0.3 is 0 Å². The summed E-state index contributed by atoms with van der Waals surface area (Å²) in [6.07, 6.45) is 2.01. The lowest BCUT2D eigenvalue weighted by Gasteiger charge is -2.37. The number of aliphatic hydroxyl groups is 1. The van der Waals surface area contributed by atoms with E-state index in [4.69, 9.17) is 0 Å². The molecule has 1 N–H and O–H groups in total. The lowest BCUT2D eigenvalue weighted by molar-refractivity contribution is 0.0748. The molecule has 4 heteroatoms. The number of rotatable bonds is 5. The van der Waals surface area contributed by atoms with Crippen molar-refractivity contribution in [3.63, 3.8) is 0 Å². The number of likely N-dealkylation sites (N-methyl/N-ethyl adjacent to an activating group) is 1. The average molecular weight is 341 g/mol. The van der Waals surface area contributed by atoms with Gasteiger partial charge in [-0.05, 0) is 57.2 Å². The first kappa shape index (κ1) is 16.0. The number of halogens is 1. The van der Waals surface area contributed by atoms with Crippen molar-refractivity contribution in [2.24, 2.45) is 0 Å². The lowest BCUT2D eigenvalue weighted by Crippen LogP contribution is -2.44. The van der Waals surface area contributed by atoms with E-state index in [-0.39, 0.29) is 0 Å². The zero-order valence-corrected chi connectivity index (χ0v) is 14.0. The first-order chi connectivity index (χ1) is 9.60. The molecule has 1 aliphatic heterocycles. The Morgan fingerprint density at radius 3 is 2.45 bits per heavy atom. The number of hydrogen-bond donors (Lipinski definition) is 1. The quantitative estimate of drug-likeness (QED) is 0.892. The minimum Gasteiger partial charge on any atom is -0.387 e. The number of aliphatic hydroxyl groups excluding tert-OH is 1. The van der Waals surface area contributed by atoms with E-state index in [1.807, 2.05) is 24.3 Å². The molecule has 1 unspecified atom stereocenters. The monoisotopic (exact) mass is 340 g/mol. The Morgan fingerprint density at radius 1 is 1.30 bits per heavy atom. The number of piperidine rings is 1. The summed E-state index contributed by atoms with van der Waals surface area (Å²) in [5.74, 6) is 0. The summed E-state index contributed by atoms with van der Waals surface area (Å²) >= 11 is 3.42. The number of nitrogens with zero attached hydrogens (tertiary/aromatic N) is 2. The molecule has 0 saturated carbocycles. The summed E-state index contributed by atoms with van der Waals surface area (Å²) in [5.41, 5.74) is 0.992. The highest BCUT2D eigenvalue weighted by atomic mass is 79.9. The van der Waals surface area contributed by atoms with Gasteiger partial charge in [-0.1, -0.05) is 35.0 Å². The maximum atomic E-state index is 10.3. The van der Waals surface area contributed by atoms with Crippen LogP contribution in [0.4, 0.5) is 0 Å². The van der Waals surface area contributed by atoms with E-state index in [2.05, 4.69) is 39.7 Å². The van der Waals surface area contributed by atoms with Crippen LogP contribution in [0.25, 0.3) is 0 Å². The van der Waals surface area contributed by atoms with Crippen LogP contribution in [0.2, 0.25) is 0 Å². The van der Waals surface area contributed by atoms with E-state index < -0.39 is 6.10 Å². The van der Waals surface area contributed by atoms with Gasteiger partial charge in [-0.2, -0.15) is 0 Å². The molecule has 1 saturated heterocycles. The van der Waals surface area contributed by atoms with Crippen LogP contribution in [0.3, 0.4) is 0 Å². The molecule has 0 aromatic heterocycles. The van der Waals surface area contributed by atoms with Crippen molar-refractivity contribution in [1.29, 1.82) is 0 Å². The summed E-state index contributed by atoms with van der Waals surface area (Å²) in [7, 11) is 2.13. The second-order valence-corrected chi connectivity index (χ2v) is 6.59. The van der Waals surface area contributed by atoms with E-state index in [0.717, 1.165) is 16.6 Å². The molecule has 20 heavy (non-hydrogen) atoms. The summed E-state index contributed by atoms with van der Waals surface area (Å²) in [6.45, 7) is 6.44. The Balaban J connectivity index is 1.84. The van der Waals surface area contributed by atoms with Gasteiger partial charge in [0.2, 0.25) is 0 Å². The Hall–Kier alpha value is -0.420. The maximum absolute atomic E-state index is 10.3. The van der Waals surface area contributed by atoms with Crippen molar-refractivity contribution in [2.75, 3.05) is 33.2 Å². The number of hydrogen-bond acceptors (Lipinski definition) is 3. The van der Waals surface area contributed by atoms with Gasteiger partial charge in [0.15, 0.2) is 0 Å². The first-order valence-corrected chi connectivity index (χ1v) is 8.25. The highest BCUT2D eigenvalue weighted by Gasteiger charge is 2.23. The molecule has 0 spiro atoms. The summed E-state index contributed by atoms with van der Waals surface area (Å²) < 4.78 is 1.05. The molecule has 1 heterocycles. The molecule has 112 valence electrons. The largest absolute Gasteiger partial charge is 0.387 e. The molecule has 1 aromatic carbocycles. The molecule has 1 atom stereocenters. The van der Waals surface area contributed by atoms with Crippen LogP contribution in [0.5, 0.6) is 0 Å². The lowest BCUT2D eigenvalue weighted by atomic mass is 10.0. The molecule has 1 aliphatic rings. The maximum Gasteiger partial charge on any atom is 0.0916 e. The van der Waals surface area contributed by atoms with Gasteiger partial charge in [0, 0.05) is 17.1 Å². The topological polar surface area (TPSA) is 26.7 Å². The zero-order valence-electron chi connectivity index (χ0n) is 12.4. The van der Waals surface area contributed by atoms with Gasteiger partial charge in [0.05, 0.1) is 6.10 Å². The molecule has 2 rings (SSSR count). The molecule has 1 aromatic rings. The fraction of sp³-hybridized carbons (Fsp3) is 0.625. The normalized spacial score (nSPS) is 19.4. The highest BCUT2D eigenvalue weighted by molar-refractivity contribution is 9.10. The molecule has 0 radical (unpaired) electrons. The smallest absolute Gasteiger partial charge is 0.0916 e. The Kier molecular flexibility index (Phi) is 6.02. The second-order valence-electron chi connectivity index (χ2n) is 5.67. The van der Waals surface area contributed by atoms with Crippen LogP contribution in [-0.4, -0.2) is 54.2 Å². The van der Waals surface area contributed by atoms with Crippen LogP contribution < -0.4 is 0 Å². The van der Waals surface area contributed by atoms with E-state index in [9.17, 15) is 5.11 Å². The molecule has 0 bridgehead atoms. The SMILES string of the molecule is CCN1CCC(N(C)CC(O)c2ccc(Br)cc2)CC1. The third-order valence-corrected chi connectivity index (χ3v) is 4.87. The van der Waals surface area contributed by atoms with Gasteiger partial charge in [-0.15, -0.1) is 0 Å². The van der Waals surface area contributed by atoms with Crippen molar-refractivity contribution in [2.45, 2.75) is 31.9 Å². The zero-order chi connectivity index (χ0) is 14.5. The summed E-state index contributed by atoms with van der Waals surface area (Å²) in [6, 6.07) is 8.55. The third-order valence-electron chi connectivity index (χ3n) is 4.34. The molecule has 0 aliphatic carbocycles. The molecular formula is C16H25BrN2O. The first-order valence-electron chi connectivity index (χ1n) is 7.46. The van der Waals surface area contributed by atoms with Crippen LogP contribution >= 0.6 is 15.9 Å². The third kappa shape index (κ3) is 4.29. The van der Waals surface area contributed by atoms with Crippen molar-refractivity contribution in [3.05, 3.63) is 34.3 Å². The molecule has 0 amide bonds. The number of benzene rings is 1. The number of likely N-dealkylation sites (tertiary alicyclic amines) is 1. The Labute approximate surface area is 130 Å². The van der Waals surface area contributed by atoms with Crippen LogP contribution in [0.1, 0.15) is 31.4 Å². The van der Waals surface area contributed by atoms with Crippen LogP contribution in [0, 0.1) is 0 Å². The van der Waals surface area contributed by atoms with Crippen molar-refractivity contribution in [1.82, 2.24) is 9.80 Å². The minimum absolute atomic E-state index is 0.405. The fourth-order valence-electron chi connectivity index (χ4n) is 2.89. The van der Waals surface area contributed by atoms with Crippen LogP contribution in [-0.2, 0) is 0 Å².